The lowest BCUT2D eigenvalue weighted by molar-refractivity contribution is -0.148. The number of nitrogens with one attached hydrogen (secondary N) is 2. The third-order valence-corrected chi connectivity index (χ3v) is 3.14. The van der Waals surface area contributed by atoms with Crippen LogP contribution in [0.3, 0.4) is 0 Å². The molecule has 0 saturated heterocycles. The Balaban J connectivity index is 1.66. The van der Waals surface area contributed by atoms with E-state index in [-0.39, 0.29) is 31.3 Å². The summed E-state index contributed by atoms with van der Waals surface area (Å²) in [6.07, 6.45) is 0.333. The summed E-state index contributed by atoms with van der Waals surface area (Å²) in [5.41, 5.74) is 1.38. The van der Waals surface area contributed by atoms with E-state index < -0.39 is 18.5 Å². The van der Waals surface area contributed by atoms with Crippen molar-refractivity contribution in [2.45, 2.75) is 32.7 Å². The molecule has 0 saturated carbocycles. The van der Waals surface area contributed by atoms with Crippen LogP contribution in [0.2, 0.25) is 0 Å². The topological polar surface area (TPSA) is 111 Å². The predicted octanol–water partition coefficient (Wildman–Crippen LogP) is 0.944. The molecular weight excluding hydrogens is 326 g/mol. The van der Waals surface area contributed by atoms with Gasteiger partial charge in [0.15, 0.2) is 18.1 Å². The Labute approximate surface area is 144 Å². The number of rotatable bonds is 8. The number of oxazole rings is 1. The van der Waals surface area contributed by atoms with Crippen molar-refractivity contribution in [2.24, 2.45) is 0 Å². The molecular formula is C17H21N3O5. The molecule has 0 spiro atoms. The van der Waals surface area contributed by atoms with Crippen LogP contribution in [0.1, 0.15) is 26.2 Å². The summed E-state index contributed by atoms with van der Waals surface area (Å²) in [6, 6.07) is 7.30. The fourth-order valence-corrected chi connectivity index (χ4v) is 2.06. The summed E-state index contributed by atoms with van der Waals surface area (Å²) in [4.78, 5) is 38.8. The van der Waals surface area contributed by atoms with Gasteiger partial charge in [-0.2, -0.15) is 0 Å². The Morgan fingerprint density at radius 2 is 1.96 bits per heavy atom. The van der Waals surface area contributed by atoms with Gasteiger partial charge >= 0.3 is 5.97 Å². The molecule has 134 valence electrons. The van der Waals surface area contributed by atoms with Gasteiger partial charge in [0, 0.05) is 12.5 Å². The lowest BCUT2D eigenvalue weighted by Crippen LogP contribution is -2.41. The molecule has 2 amide bonds. The normalized spacial score (nSPS) is 10.7. The number of carbonyl (C=O) groups is 3. The molecule has 0 aliphatic rings. The van der Waals surface area contributed by atoms with E-state index in [4.69, 9.17) is 9.15 Å². The molecule has 2 N–H and O–H groups in total. The smallest absolute Gasteiger partial charge is 0.306 e. The molecule has 0 radical (unpaired) electrons. The highest BCUT2D eigenvalue weighted by Gasteiger charge is 2.12. The van der Waals surface area contributed by atoms with Crippen LogP contribution in [0, 0.1) is 0 Å². The highest BCUT2D eigenvalue weighted by atomic mass is 16.5. The van der Waals surface area contributed by atoms with Crippen LogP contribution >= 0.6 is 0 Å². The van der Waals surface area contributed by atoms with Gasteiger partial charge in [0.1, 0.15) is 5.52 Å². The molecule has 2 aromatic rings. The van der Waals surface area contributed by atoms with Gasteiger partial charge in [-0.05, 0) is 26.0 Å². The highest BCUT2D eigenvalue weighted by Crippen LogP contribution is 2.15. The Morgan fingerprint density at radius 3 is 2.68 bits per heavy atom. The standard InChI is InChI=1S/C17H21N3O5/c1-11(2)19-14(21)9-18-15(22)10-24-17(23)8-7-16-20-12-5-3-4-6-13(12)25-16/h3-6,11H,7-10H2,1-2H3,(H,18,22)(H,19,21). The summed E-state index contributed by atoms with van der Waals surface area (Å²) in [5, 5.41) is 5.01. The Kier molecular flexibility index (Phi) is 6.50. The van der Waals surface area contributed by atoms with Crippen molar-refractivity contribution in [1.29, 1.82) is 0 Å². The predicted molar refractivity (Wildman–Crippen MR) is 89.6 cm³/mol. The zero-order valence-electron chi connectivity index (χ0n) is 14.2. The summed E-state index contributed by atoms with van der Waals surface area (Å²) in [5.74, 6) is -0.934. The number of hydrogen-bond acceptors (Lipinski definition) is 6. The first-order chi connectivity index (χ1) is 11.9. The first-order valence-corrected chi connectivity index (χ1v) is 8.00. The molecule has 0 bridgehead atoms. The summed E-state index contributed by atoms with van der Waals surface area (Å²) in [6.45, 7) is 3.05. The first kappa shape index (κ1) is 18.4. The summed E-state index contributed by atoms with van der Waals surface area (Å²) < 4.78 is 10.4. The van der Waals surface area contributed by atoms with E-state index in [1.54, 1.807) is 6.07 Å². The number of nitrogens with zero attached hydrogens (tertiary/aromatic N) is 1. The van der Waals surface area contributed by atoms with E-state index in [2.05, 4.69) is 15.6 Å². The second kappa shape index (κ2) is 8.81. The van der Waals surface area contributed by atoms with Crippen LogP contribution in [0.15, 0.2) is 28.7 Å². The van der Waals surface area contributed by atoms with Crippen molar-refractivity contribution in [3.05, 3.63) is 30.2 Å². The van der Waals surface area contributed by atoms with Crippen molar-refractivity contribution in [1.82, 2.24) is 15.6 Å². The SMILES string of the molecule is CC(C)NC(=O)CNC(=O)COC(=O)CCc1nc2ccccc2o1. The third-order valence-electron chi connectivity index (χ3n) is 3.14. The minimum atomic E-state index is -0.538. The molecule has 0 atom stereocenters. The van der Waals surface area contributed by atoms with E-state index in [1.807, 2.05) is 32.0 Å². The van der Waals surface area contributed by atoms with Crippen molar-refractivity contribution in [2.75, 3.05) is 13.2 Å². The van der Waals surface area contributed by atoms with E-state index in [1.165, 1.54) is 0 Å². The number of hydrogen-bond donors (Lipinski definition) is 2. The Bertz CT molecular complexity index is 721. The molecule has 0 fully saturated rings. The molecule has 0 aliphatic carbocycles. The van der Waals surface area contributed by atoms with E-state index in [9.17, 15) is 14.4 Å². The lowest BCUT2D eigenvalue weighted by Gasteiger charge is -2.09. The second-order valence-corrected chi connectivity index (χ2v) is 5.73. The minimum Gasteiger partial charge on any atom is -0.456 e. The maximum absolute atomic E-state index is 11.7. The highest BCUT2D eigenvalue weighted by molar-refractivity contribution is 5.86. The van der Waals surface area contributed by atoms with Crippen LogP contribution < -0.4 is 10.6 Å². The zero-order valence-corrected chi connectivity index (χ0v) is 14.2. The largest absolute Gasteiger partial charge is 0.456 e. The number of carbonyl (C=O) groups excluding carboxylic acids is 3. The van der Waals surface area contributed by atoms with Crippen molar-refractivity contribution in [3.63, 3.8) is 0 Å². The van der Waals surface area contributed by atoms with E-state index in [0.29, 0.717) is 11.5 Å². The summed E-state index contributed by atoms with van der Waals surface area (Å²) >= 11 is 0. The average Bonchev–Trinajstić information content (AvgIpc) is 2.98. The number of para-hydroxylation sites is 2. The fraction of sp³-hybridized carbons (Fsp3) is 0.412. The molecule has 25 heavy (non-hydrogen) atoms. The molecule has 1 aromatic carbocycles. The zero-order chi connectivity index (χ0) is 18.2. The number of amides is 2. The maximum atomic E-state index is 11.7. The number of aryl methyl sites for hydroxylation is 1. The van der Waals surface area contributed by atoms with Gasteiger partial charge in [-0.3, -0.25) is 14.4 Å². The fourth-order valence-electron chi connectivity index (χ4n) is 2.06. The summed E-state index contributed by atoms with van der Waals surface area (Å²) in [7, 11) is 0. The molecule has 0 aliphatic heterocycles. The van der Waals surface area contributed by atoms with Gasteiger partial charge in [0.25, 0.3) is 5.91 Å². The van der Waals surface area contributed by atoms with Crippen LogP contribution in [-0.4, -0.2) is 42.0 Å². The number of aromatic nitrogens is 1. The van der Waals surface area contributed by atoms with Gasteiger partial charge in [-0.1, -0.05) is 12.1 Å². The molecule has 1 heterocycles. The van der Waals surface area contributed by atoms with Crippen molar-refractivity contribution in [3.8, 4) is 0 Å². The van der Waals surface area contributed by atoms with Crippen LogP contribution in [0.5, 0.6) is 0 Å². The number of benzene rings is 1. The average molecular weight is 347 g/mol. The molecule has 2 rings (SSSR count). The molecule has 1 aromatic heterocycles. The van der Waals surface area contributed by atoms with Gasteiger partial charge < -0.3 is 19.8 Å². The number of fused-ring (bicyclic) bond motifs is 1. The Hall–Kier alpha value is -2.90. The van der Waals surface area contributed by atoms with Crippen LogP contribution in [-0.2, 0) is 25.5 Å². The molecule has 8 nitrogen and oxygen atoms in total. The van der Waals surface area contributed by atoms with Gasteiger partial charge in [-0.25, -0.2) is 4.98 Å². The molecule has 8 heteroatoms. The quantitative estimate of drug-likeness (QED) is 0.688. The second-order valence-electron chi connectivity index (χ2n) is 5.73. The van der Waals surface area contributed by atoms with Crippen molar-refractivity contribution < 1.29 is 23.5 Å². The maximum Gasteiger partial charge on any atom is 0.306 e. The van der Waals surface area contributed by atoms with E-state index >= 15 is 0 Å². The van der Waals surface area contributed by atoms with E-state index in [0.717, 1.165) is 5.52 Å². The van der Waals surface area contributed by atoms with Gasteiger partial charge in [-0.15, -0.1) is 0 Å². The monoisotopic (exact) mass is 347 g/mol. The molecule has 0 unspecified atom stereocenters. The lowest BCUT2D eigenvalue weighted by atomic mass is 10.3. The first-order valence-electron chi connectivity index (χ1n) is 8.00. The van der Waals surface area contributed by atoms with Crippen molar-refractivity contribution >= 4 is 28.9 Å². The minimum absolute atomic E-state index is 0.00547. The Morgan fingerprint density at radius 1 is 1.20 bits per heavy atom. The van der Waals surface area contributed by atoms with Crippen LogP contribution in [0.25, 0.3) is 11.1 Å². The number of esters is 1. The third kappa shape index (κ3) is 6.25. The number of ether oxygens (including phenoxy) is 1. The van der Waals surface area contributed by atoms with Crippen LogP contribution in [0.4, 0.5) is 0 Å². The van der Waals surface area contributed by atoms with Gasteiger partial charge in [0.05, 0.1) is 13.0 Å². The van der Waals surface area contributed by atoms with Gasteiger partial charge in [0.2, 0.25) is 5.91 Å².